The Morgan fingerprint density at radius 1 is 0.912 bits per heavy atom. The second kappa shape index (κ2) is 9.45. The summed E-state index contributed by atoms with van der Waals surface area (Å²) in [6, 6.07) is 23.2. The molecule has 170 valence electrons. The van der Waals surface area contributed by atoms with Crippen molar-refractivity contribution < 1.29 is 18.7 Å². The standard InChI is InChI=1S/C28H23FN2O3/c29-25-10-8-20(16-22(25)18-32)21-9-11-26(31-14-12-30-13-15-31)27(17-21)34-28(33)24-7-3-5-19-4-1-2-6-23(19)24/h1-11,16-18,30H,12-15H2. The minimum absolute atomic E-state index is 0.0158. The lowest BCUT2D eigenvalue weighted by molar-refractivity contribution is 0.0737. The molecule has 6 heteroatoms. The minimum atomic E-state index is -0.571. The molecule has 5 rings (SSSR count). The van der Waals surface area contributed by atoms with Crippen molar-refractivity contribution in [3.63, 3.8) is 0 Å². The van der Waals surface area contributed by atoms with E-state index in [0.29, 0.717) is 23.2 Å². The molecular formula is C28H23FN2O3. The molecule has 0 spiro atoms. The average Bonchev–Trinajstić information content (AvgIpc) is 2.89. The van der Waals surface area contributed by atoms with Crippen LogP contribution < -0.4 is 15.0 Å². The monoisotopic (exact) mass is 454 g/mol. The summed E-state index contributed by atoms with van der Waals surface area (Å²) >= 11 is 0. The molecule has 4 aromatic rings. The smallest absolute Gasteiger partial charge is 0.344 e. The number of fused-ring (bicyclic) bond motifs is 1. The highest BCUT2D eigenvalue weighted by Crippen LogP contribution is 2.35. The van der Waals surface area contributed by atoms with Crippen molar-refractivity contribution in [2.45, 2.75) is 0 Å². The molecule has 1 aliphatic rings. The number of rotatable bonds is 5. The molecule has 1 aliphatic heterocycles. The molecule has 0 aromatic heterocycles. The Hall–Kier alpha value is -4.03. The third-order valence-corrected chi connectivity index (χ3v) is 6.09. The third-order valence-electron chi connectivity index (χ3n) is 6.09. The summed E-state index contributed by atoms with van der Waals surface area (Å²) in [5.41, 5.74) is 2.68. The second-order valence-electron chi connectivity index (χ2n) is 8.19. The van der Waals surface area contributed by atoms with E-state index < -0.39 is 11.8 Å². The van der Waals surface area contributed by atoms with Gasteiger partial charge in [0.2, 0.25) is 0 Å². The number of nitrogens with zero attached hydrogens (tertiary/aromatic N) is 1. The Bertz CT molecular complexity index is 1370. The number of nitrogens with one attached hydrogen (secondary N) is 1. The first-order chi connectivity index (χ1) is 16.6. The number of carbonyl (C=O) groups is 2. The first-order valence-electron chi connectivity index (χ1n) is 11.2. The summed E-state index contributed by atoms with van der Waals surface area (Å²) in [4.78, 5) is 26.7. The van der Waals surface area contributed by atoms with Crippen molar-refractivity contribution in [3.8, 4) is 16.9 Å². The maximum atomic E-state index is 13.8. The lowest BCUT2D eigenvalue weighted by Crippen LogP contribution is -2.43. The van der Waals surface area contributed by atoms with Gasteiger partial charge in [-0.05, 0) is 52.2 Å². The van der Waals surface area contributed by atoms with Gasteiger partial charge in [0.05, 0.1) is 16.8 Å². The number of hydrogen-bond donors (Lipinski definition) is 1. The zero-order valence-corrected chi connectivity index (χ0v) is 18.5. The fraction of sp³-hybridized carbons (Fsp3) is 0.143. The van der Waals surface area contributed by atoms with E-state index >= 15 is 0 Å². The normalized spacial score (nSPS) is 13.6. The van der Waals surface area contributed by atoms with Gasteiger partial charge >= 0.3 is 5.97 Å². The largest absolute Gasteiger partial charge is 0.421 e. The molecule has 1 heterocycles. The van der Waals surface area contributed by atoms with E-state index in [1.54, 1.807) is 18.2 Å². The van der Waals surface area contributed by atoms with Crippen LogP contribution in [0.4, 0.5) is 10.1 Å². The van der Waals surface area contributed by atoms with Crippen LogP contribution in [0.25, 0.3) is 21.9 Å². The molecule has 1 saturated heterocycles. The highest BCUT2D eigenvalue weighted by Gasteiger charge is 2.20. The molecule has 1 N–H and O–H groups in total. The quantitative estimate of drug-likeness (QED) is 0.259. The molecule has 0 saturated carbocycles. The van der Waals surface area contributed by atoms with Gasteiger partial charge in [-0.25, -0.2) is 9.18 Å². The van der Waals surface area contributed by atoms with Gasteiger partial charge in [0.15, 0.2) is 12.0 Å². The Balaban J connectivity index is 1.56. The SMILES string of the molecule is O=Cc1cc(-c2ccc(N3CCNCC3)c(OC(=O)c3cccc4ccccc34)c2)ccc1F. The molecule has 0 amide bonds. The number of ether oxygens (including phenoxy) is 1. The molecule has 1 fully saturated rings. The Labute approximate surface area is 196 Å². The van der Waals surface area contributed by atoms with Crippen LogP contribution in [0.1, 0.15) is 20.7 Å². The van der Waals surface area contributed by atoms with Crippen LogP contribution in [0.2, 0.25) is 0 Å². The highest BCUT2D eigenvalue weighted by molar-refractivity contribution is 6.05. The minimum Gasteiger partial charge on any atom is -0.421 e. The van der Waals surface area contributed by atoms with Gasteiger partial charge < -0.3 is 15.0 Å². The van der Waals surface area contributed by atoms with Crippen molar-refractivity contribution in [2.75, 3.05) is 31.1 Å². The zero-order valence-electron chi connectivity index (χ0n) is 18.5. The van der Waals surface area contributed by atoms with Crippen molar-refractivity contribution in [1.82, 2.24) is 5.32 Å². The molecule has 34 heavy (non-hydrogen) atoms. The van der Waals surface area contributed by atoms with E-state index in [1.165, 1.54) is 12.1 Å². The van der Waals surface area contributed by atoms with Gasteiger partial charge in [-0.2, -0.15) is 0 Å². The van der Waals surface area contributed by atoms with Crippen LogP contribution in [-0.4, -0.2) is 38.4 Å². The summed E-state index contributed by atoms with van der Waals surface area (Å²) in [6.45, 7) is 3.23. The van der Waals surface area contributed by atoms with Crippen LogP contribution in [0.5, 0.6) is 5.75 Å². The summed E-state index contributed by atoms with van der Waals surface area (Å²) in [6.07, 6.45) is 0.495. The maximum absolute atomic E-state index is 13.8. The van der Waals surface area contributed by atoms with Crippen LogP contribution in [0.3, 0.4) is 0 Å². The van der Waals surface area contributed by atoms with E-state index in [4.69, 9.17) is 4.74 Å². The van der Waals surface area contributed by atoms with E-state index in [9.17, 15) is 14.0 Å². The first kappa shape index (κ1) is 21.8. The molecule has 0 radical (unpaired) electrons. The van der Waals surface area contributed by atoms with Crippen molar-refractivity contribution in [3.05, 3.63) is 95.8 Å². The molecular weight excluding hydrogens is 431 g/mol. The molecule has 0 aliphatic carbocycles. The summed E-state index contributed by atoms with van der Waals surface area (Å²) in [7, 11) is 0. The Morgan fingerprint density at radius 3 is 2.47 bits per heavy atom. The summed E-state index contributed by atoms with van der Waals surface area (Å²) < 4.78 is 19.8. The van der Waals surface area contributed by atoms with Crippen LogP contribution in [-0.2, 0) is 0 Å². The Morgan fingerprint density at radius 2 is 1.65 bits per heavy atom. The number of halogens is 1. The van der Waals surface area contributed by atoms with Crippen molar-refractivity contribution >= 4 is 28.7 Å². The first-order valence-corrected chi connectivity index (χ1v) is 11.2. The Kier molecular flexibility index (Phi) is 6.06. The average molecular weight is 455 g/mol. The number of anilines is 1. The molecule has 4 aromatic carbocycles. The molecule has 5 nitrogen and oxygen atoms in total. The summed E-state index contributed by atoms with van der Waals surface area (Å²) in [5, 5.41) is 5.11. The number of hydrogen-bond acceptors (Lipinski definition) is 5. The van der Waals surface area contributed by atoms with E-state index in [0.717, 1.165) is 48.2 Å². The number of piperazine rings is 1. The molecule has 0 bridgehead atoms. The lowest BCUT2D eigenvalue weighted by atomic mass is 10.0. The lowest BCUT2D eigenvalue weighted by Gasteiger charge is -2.30. The van der Waals surface area contributed by atoms with Gasteiger partial charge in [-0.3, -0.25) is 4.79 Å². The predicted molar refractivity (Wildman–Crippen MR) is 131 cm³/mol. The third kappa shape index (κ3) is 4.28. The second-order valence-corrected chi connectivity index (χ2v) is 8.19. The van der Waals surface area contributed by atoms with E-state index in [1.807, 2.05) is 48.5 Å². The topological polar surface area (TPSA) is 58.6 Å². The van der Waals surface area contributed by atoms with Crippen LogP contribution in [0.15, 0.2) is 78.9 Å². The van der Waals surface area contributed by atoms with E-state index in [2.05, 4.69) is 10.2 Å². The molecule has 0 unspecified atom stereocenters. The van der Waals surface area contributed by atoms with Crippen LogP contribution >= 0.6 is 0 Å². The van der Waals surface area contributed by atoms with Gasteiger partial charge in [-0.1, -0.05) is 48.5 Å². The number of aldehydes is 1. The fourth-order valence-electron chi connectivity index (χ4n) is 4.31. The predicted octanol–water partition coefficient (Wildman–Crippen LogP) is 5.09. The number of benzene rings is 4. The summed E-state index contributed by atoms with van der Waals surface area (Å²) in [5.74, 6) is -0.592. The molecule has 0 atom stereocenters. The highest BCUT2D eigenvalue weighted by atomic mass is 19.1. The van der Waals surface area contributed by atoms with Crippen molar-refractivity contribution in [2.24, 2.45) is 0 Å². The van der Waals surface area contributed by atoms with Crippen molar-refractivity contribution in [1.29, 1.82) is 0 Å². The number of carbonyl (C=O) groups excluding carboxylic acids is 2. The van der Waals surface area contributed by atoms with Gasteiger partial charge in [0, 0.05) is 26.2 Å². The van der Waals surface area contributed by atoms with Gasteiger partial charge in [0.1, 0.15) is 5.82 Å². The van der Waals surface area contributed by atoms with Crippen LogP contribution in [0, 0.1) is 5.82 Å². The number of esters is 1. The fourth-order valence-corrected chi connectivity index (χ4v) is 4.31. The van der Waals surface area contributed by atoms with Gasteiger partial charge in [0.25, 0.3) is 0 Å². The van der Waals surface area contributed by atoms with E-state index in [-0.39, 0.29) is 5.56 Å². The zero-order chi connectivity index (χ0) is 23.5. The van der Waals surface area contributed by atoms with Gasteiger partial charge in [-0.15, -0.1) is 0 Å². The maximum Gasteiger partial charge on any atom is 0.344 e.